The molecule has 55 heavy (non-hydrogen) atoms. The van der Waals surface area contributed by atoms with E-state index in [0.29, 0.717) is 11.4 Å². The summed E-state index contributed by atoms with van der Waals surface area (Å²) < 4.78 is 12.5. The highest BCUT2D eigenvalue weighted by Crippen LogP contribution is 2.52. The zero-order valence-corrected chi connectivity index (χ0v) is 29.7. The van der Waals surface area contributed by atoms with E-state index in [1.54, 1.807) is 0 Å². The SMILES string of the molecule is C1=CC2=C(CC1)Oc1ccccc1N2c1cccc(N2c3ccccc3Oc3ccccc32)c1.Cc1ccc2cccc3c2c1-c1nc(C#N)c(C#N)nc1-3. The molecule has 0 bridgehead atoms. The average Bonchev–Trinajstić information content (AvgIpc) is 3.57. The Hall–Kier alpha value is -7.68. The van der Waals surface area contributed by atoms with Crippen LogP contribution in [0.25, 0.3) is 33.3 Å². The fourth-order valence-electron chi connectivity index (χ4n) is 7.90. The summed E-state index contributed by atoms with van der Waals surface area (Å²) in [4.78, 5) is 13.4. The minimum atomic E-state index is 0.0821. The maximum atomic E-state index is 9.16. The Bertz CT molecular complexity index is 2850. The molecule has 11 rings (SSSR count). The Morgan fingerprint density at radius 1 is 0.618 bits per heavy atom. The number of nitrogens with zero attached hydrogens (tertiary/aromatic N) is 6. The Morgan fingerprint density at radius 3 is 1.91 bits per heavy atom. The van der Waals surface area contributed by atoms with Gasteiger partial charge in [-0.1, -0.05) is 78.9 Å². The van der Waals surface area contributed by atoms with E-state index in [-0.39, 0.29) is 11.4 Å². The van der Waals surface area contributed by atoms with Crippen LogP contribution in [-0.2, 0) is 0 Å². The van der Waals surface area contributed by atoms with Crippen LogP contribution >= 0.6 is 0 Å². The van der Waals surface area contributed by atoms with Gasteiger partial charge in [0.2, 0.25) is 0 Å². The predicted molar refractivity (Wildman–Crippen MR) is 214 cm³/mol. The third-order valence-corrected chi connectivity index (χ3v) is 10.3. The molecule has 0 spiro atoms. The van der Waals surface area contributed by atoms with Gasteiger partial charge in [0, 0.05) is 34.3 Å². The third-order valence-electron chi connectivity index (χ3n) is 10.3. The van der Waals surface area contributed by atoms with Crippen molar-refractivity contribution in [1.29, 1.82) is 10.5 Å². The topological polar surface area (TPSA) is 98.3 Å². The Morgan fingerprint density at radius 2 is 1.22 bits per heavy atom. The number of fused-ring (bicyclic) bond motifs is 6. The van der Waals surface area contributed by atoms with Gasteiger partial charge >= 0.3 is 0 Å². The number of hydrogen-bond donors (Lipinski definition) is 0. The van der Waals surface area contributed by atoms with Crippen LogP contribution in [0.5, 0.6) is 17.2 Å². The summed E-state index contributed by atoms with van der Waals surface area (Å²) in [7, 11) is 0. The van der Waals surface area contributed by atoms with Crippen molar-refractivity contribution in [3.63, 3.8) is 0 Å². The molecule has 2 aliphatic carbocycles. The van der Waals surface area contributed by atoms with Crippen molar-refractivity contribution in [2.24, 2.45) is 0 Å². The van der Waals surface area contributed by atoms with E-state index >= 15 is 0 Å². The number of aryl methyl sites for hydroxylation is 1. The van der Waals surface area contributed by atoms with E-state index in [1.807, 2.05) is 79.7 Å². The van der Waals surface area contributed by atoms with Gasteiger partial charge in [0.1, 0.15) is 17.9 Å². The smallest absolute Gasteiger partial charge is 0.177 e. The van der Waals surface area contributed by atoms with Crippen LogP contribution in [0.2, 0.25) is 0 Å². The molecule has 1 aromatic heterocycles. The molecule has 260 valence electrons. The van der Waals surface area contributed by atoms with Crippen molar-refractivity contribution in [2.75, 3.05) is 9.80 Å². The summed E-state index contributed by atoms with van der Waals surface area (Å²) in [5, 5.41) is 20.5. The number of nitriles is 2. The summed E-state index contributed by atoms with van der Waals surface area (Å²) >= 11 is 0. The van der Waals surface area contributed by atoms with Crippen molar-refractivity contribution < 1.29 is 9.47 Å². The van der Waals surface area contributed by atoms with Gasteiger partial charge in [-0.25, -0.2) is 9.97 Å². The molecule has 0 radical (unpaired) electrons. The number of anilines is 5. The first-order valence-electron chi connectivity index (χ1n) is 18.1. The largest absolute Gasteiger partial charge is 0.457 e. The van der Waals surface area contributed by atoms with E-state index in [2.05, 4.69) is 98.6 Å². The van der Waals surface area contributed by atoms with Crippen molar-refractivity contribution in [3.05, 3.63) is 168 Å². The Labute approximate surface area is 317 Å². The second-order valence-electron chi connectivity index (χ2n) is 13.6. The molecule has 0 saturated carbocycles. The van der Waals surface area contributed by atoms with Crippen molar-refractivity contribution in [2.45, 2.75) is 19.8 Å². The highest BCUT2D eigenvalue weighted by molar-refractivity contribution is 6.14. The molecule has 0 unspecified atom stereocenters. The van der Waals surface area contributed by atoms with Gasteiger partial charge in [-0.3, -0.25) is 0 Å². The van der Waals surface area contributed by atoms with Gasteiger partial charge in [0.05, 0.1) is 34.1 Å². The number of rotatable bonds is 2. The van der Waals surface area contributed by atoms with Crippen molar-refractivity contribution in [1.82, 2.24) is 9.97 Å². The first-order valence-corrected chi connectivity index (χ1v) is 18.1. The van der Waals surface area contributed by atoms with E-state index in [9.17, 15) is 0 Å². The zero-order chi connectivity index (χ0) is 37.0. The molecule has 0 atom stereocenters. The maximum Gasteiger partial charge on any atom is 0.177 e. The lowest BCUT2D eigenvalue weighted by Gasteiger charge is -2.36. The first-order chi connectivity index (χ1) is 27.1. The van der Waals surface area contributed by atoms with E-state index in [4.69, 9.17) is 20.0 Å². The van der Waals surface area contributed by atoms with Crippen molar-refractivity contribution >= 4 is 39.2 Å². The first kappa shape index (κ1) is 32.0. The van der Waals surface area contributed by atoms with Crippen LogP contribution in [0.4, 0.5) is 28.4 Å². The van der Waals surface area contributed by atoms with E-state index < -0.39 is 0 Å². The molecule has 8 heteroatoms. The second kappa shape index (κ2) is 12.8. The number of ether oxygens (including phenoxy) is 2. The molecule has 6 aromatic carbocycles. The molecule has 0 N–H and O–H groups in total. The maximum absolute atomic E-state index is 9.16. The number of para-hydroxylation sites is 6. The predicted octanol–water partition coefficient (Wildman–Crippen LogP) is 11.7. The van der Waals surface area contributed by atoms with Crippen LogP contribution in [0.3, 0.4) is 0 Å². The quantitative estimate of drug-likeness (QED) is 0.175. The second-order valence-corrected chi connectivity index (χ2v) is 13.6. The third kappa shape index (κ3) is 5.12. The molecule has 4 aliphatic rings. The lowest BCUT2D eigenvalue weighted by Crippen LogP contribution is -2.25. The van der Waals surface area contributed by atoms with Gasteiger partial charge in [0.15, 0.2) is 28.6 Å². The summed E-state index contributed by atoms with van der Waals surface area (Å²) in [5.41, 5.74) is 11.0. The molecule has 3 heterocycles. The van der Waals surface area contributed by atoms with Gasteiger partial charge < -0.3 is 19.3 Å². The van der Waals surface area contributed by atoms with E-state index in [1.165, 1.54) is 0 Å². The summed E-state index contributed by atoms with van der Waals surface area (Å²) in [6, 6.07) is 47.3. The molecule has 7 aromatic rings. The normalized spacial score (nSPS) is 13.8. The van der Waals surface area contributed by atoms with Crippen LogP contribution < -0.4 is 19.3 Å². The fourth-order valence-corrected chi connectivity index (χ4v) is 7.90. The number of hydrogen-bond acceptors (Lipinski definition) is 8. The lowest BCUT2D eigenvalue weighted by atomic mass is 10.0. The lowest BCUT2D eigenvalue weighted by molar-refractivity contribution is 0.388. The molecule has 8 nitrogen and oxygen atoms in total. The average molecular weight is 711 g/mol. The standard InChI is InChI=1S/C30H22N2O2.C17H8N4/c1-5-16-27-23(12-1)31(24-13-2-6-17-28(24)33-27)21-10-9-11-22(20-21)32-25-14-3-7-18-29(25)34-30-19-8-4-15-26(30)32;1-9-5-6-10-3-2-4-11-15(10)14(9)17-16(11)20-12(7-18)13(8-19)21-17/h1-7,9-18,20H,8,19H2;2-6H,1H3. The zero-order valence-electron chi connectivity index (χ0n) is 29.7. The van der Waals surface area contributed by atoms with Crippen LogP contribution in [0, 0.1) is 29.6 Å². The fraction of sp³-hybridized carbons (Fsp3) is 0.0638. The molecule has 0 amide bonds. The van der Waals surface area contributed by atoms with E-state index in [0.717, 1.165) is 97.4 Å². The molecular weight excluding hydrogens is 681 g/mol. The highest BCUT2D eigenvalue weighted by Gasteiger charge is 2.31. The van der Waals surface area contributed by atoms with Gasteiger partial charge in [-0.15, -0.1) is 0 Å². The van der Waals surface area contributed by atoms with Gasteiger partial charge in [-0.2, -0.15) is 10.5 Å². The summed E-state index contributed by atoms with van der Waals surface area (Å²) in [6.45, 7) is 2.02. The number of aromatic nitrogens is 2. The molecule has 0 saturated heterocycles. The monoisotopic (exact) mass is 710 g/mol. The summed E-state index contributed by atoms with van der Waals surface area (Å²) in [5.74, 6) is 3.62. The highest BCUT2D eigenvalue weighted by atomic mass is 16.5. The van der Waals surface area contributed by atoms with Gasteiger partial charge in [-0.05, 0) is 85.0 Å². The van der Waals surface area contributed by atoms with Crippen LogP contribution in [-0.4, -0.2) is 9.97 Å². The van der Waals surface area contributed by atoms with Crippen LogP contribution in [0.15, 0.2) is 151 Å². The van der Waals surface area contributed by atoms with Crippen LogP contribution in [0.1, 0.15) is 29.8 Å². The molecular formula is C47H30N6O2. The minimum absolute atomic E-state index is 0.0821. The summed E-state index contributed by atoms with van der Waals surface area (Å²) in [6.07, 6.45) is 6.30. The molecule has 2 aliphatic heterocycles. The number of allylic oxidation sites excluding steroid dienone is 3. The molecule has 0 fully saturated rings. The van der Waals surface area contributed by atoms with Crippen molar-refractivity contribution in [3.8, 4) is 51.9 Å². The minimum Gasteiger partial charge on any atom is -0.457 e. The Balaban J connectivity index is 0.000000152. The number of benzene rings is 6. The van der Waals surface area contributed by atoms with Gasteiger partial charge in [0.25, 0.3) is 0 Å². The Kier molecular flexibility index (Phi) is 7.43.